The van der Waals surface area contributed by atoms with Gasteiger partial charge in [0.25, 0.3) is 0 Å². The van der Waals surface area contributed by atoms with E-state index in [1.54, 1.807) is 24.8 Å². The number of carbonyl (C=O) groups is 2. The van der Waals surface area contributed by atoms with Gasteiger partial charge in [0, 0.05) is 51.7 Å². The third-order valence-corrected chi connectivity index (χ3v) is 5.63. The lowest BCUT2D eigenvalue weighted by Gasteiger charge is -2.02. The molecule has 12 heteroatoms. The summed E-state index contributed by atoms with van der Waals surface area (Å²) in [6.45, 7) is 4.16. The summed E-state index contributed by atoms with van der Waals surface area (Å²) in [6, 6.07) is 7.48. The van der Waals surface area contributed by atoms with E-state index < -0.39 is 30.4 Å². The monoisotopic (exact) mass is 702 g/mol. The third kappa shape index (κ3) is 10.7. The fourth-order valence-electron chi connectivity index (χ4n) is 2.03. The molecule has 2 N–H and O–H groups in total. The number of nitrogens with one attached hydrogen (secondary N) is 2. The number of rotatable bonds is 4. The van der Waals surface area contributed by atoms with E-state index in [0.717, 1.165) is 11.1 Å². The molecular formula is C22H20F4I2N4O2. The summed E-state index contributed by atoms with van der Waals surface area (Å²) in [5, 5.41) is 5.39. The molecule has 0 aliphatic rings. The molecule has 0 fully saturated rings. The number of carbonyl (C=O) groups excluding carboxylic acids is 2. The number of pyridine rings is 2. The van der Waals surface area contributed by atoms with E-state index in [0.29, 0.717) is 13.1 Å². The van der Waals surface area contributed by atoms with Crippen LogP contribution in [0, 0.1) is 30.4 Å². The predicted molar refractivity (Wildman–Crippen MR) is 135 cm³/mol. The number of hydrogen-bond acceptors (Lipinski definition) is 4. The van der Waals surface area contributed by atoms with Crippen molar-refractivity contribution >= 4 is 57.0 Å². The van der Waals surface area contributed by atoms with E-state index in [-0.39, 0.29) is 11.8 Å². The van der Waals surface area contributed by atoms with Gasteiger partial charge in [0.15, 0.2) is 23.3 Å². The average Bonchev–Trinajstić information content (AvgIpc) is 2.84. The van der Waals surface area contributed by atoms with Crippen LogP contribution in [0.3, 0.4) is 0 Å². The van der Waals surface area contributed by atoms with Gasteiger partial charge in [0.2, 0.25) is 11.8 Å². The summed E-state index contributed by atoms with van der Waals surface area (Å²) in [5.74, 6) is -5.42. The third-order valence-electron chi connectivity index (χ3n) is 3.74. The summed E-state index contributed by atoms with van der Waals surface area (Å²) >= 11 is 2.41. The van der Waals surface area contributed by atoms with Crippen molar-refractivity contribution in [2.75, 3.05) is 0 Å². The predicted octanol–water partition coefficient (Wildman–Crippen LogP) is 4.89. The summed E-state index contributed by atoms with van der Waals surface area (Å²) in [6.07, 6.45) is 6.82. The second kappa shape index (κ2) is 15.5. The first-order valence-corrected chi connectivity index (χ1v) is 11.6. The first-order valence-electron chi connectivity index (χ1n) is 9.48. The smallest absolute Gasteiger partial charge is 0.217 e. The van der Waals surface area contributed by atoms with E-state index in [1.165, 1.54) is 59.0 Å². The van der Waals surface area contributed by atoms with Crippen LogP contribution in [-0.4, -0.2) is 21.8 Å². The normalized spacial score (nSPS) is 9.65. The quantitative estimate of drug-likeness (QED) is 0.176. The number of nitrogens with zero attached hydrogens (tertiary/aromatic N) is 2. The first-order chi connectivity index (χ1) is 16.0. The van der Waals surface area contributed by atoms with Gasteiger partial charge < -0.3 is 10.6 Å². The summed E-state index contributed by atoms with van der Waals surface area (Å²) in [7, 11) is 0. The minimum absolute atomic E-state index is 0.0122. The highest BCUT2D eigenvalue weighted by Gasteiger charge is 2.21. The van der Waals surface area contributed by atoms with Crippen LogP contribution in [0.2, 0.25) is 0 Å². The zero-order valence-corrected chi connectivity index (χ0v) is 22.3. The van der Waals surface area contributed by atoms with Gasteiger partial charge in [-0.05, 0) is 80.6 Å². The Balaban J connectivity index is 0.000000255. The standard InChI is InChI=1S/2C8H10N2O.C6F4I2/c2*1-7(11)10-6-8-2-4-9-5-3-8;7-1-2(8)6(12)4(10)3(9)5(1)11/h2*2-5H,6H2,1H3,(H,10,11);. The Morgan fingerprint density at radius 1 is 0.676 bits per heavy atom. The van der Waals surface area contributed by atoms with Crippen LogP contribution in [0.25, 0.3) is 0 Å². The highest BCUT2D eigenvalue weighted by Crippen LogP contribution is 2.25. The Bertz CT molecular complexity index is 933. The Morgan fingerprint density at radius 3 is 1.18 bits per heavy atom. The van der Waals surface area contributed by atoms with Gasteiger partial charge in [-0.2, -0.15) is 0 Å². The number of hydrogen-bond donors (Lipinski definition) is 2. The van der Waals surface area contributed by atoms with Crippen molar-refractivity contribution in [3.05, 3.63) is 90.6 Å². The van der Waals surface area contributed by atoms with E-state index in [4.69, 9.17) is 0 Å². The molecule has 0 aliphatic heterocycles. The van der Waals surface area contributed by atoms with Crippen LogP contribution < -0.4 is 10.6 Å². The molecule has 6 nitrogen and oxygen atoms in total. The second-order valence-electron chi connectivity index (χ2n) is 6.41. The molecule has 2 heterocycles. The summed E-state index contributed by atoms with van der Waals surface area (Å²) in [4.78, 5) is 28.7. The van der Waals surface area contributed by atoms with Crippen LogP contribution in [0.1, 0.15) is 25.0 Å². The van der Waals surface area contributed by atoms with E-state index in [2.05, 4.69) is 20.6 Å². The van der Waals surface area contributed by atoms with E-state index >= 15 is 0 Å². The highest BCUT2D eigenvalue weighted by molar-refractivity contribution is 14.1. The molecule has 0 saturated carbocycles. The van der Waals surface area contributed by atoms with E-state index in [9.17, 15) is 27.2 Å². The van der Waals surface area contributed by atoms with Crippen LogP contribution in [0.15, 0.2) is 49.1 Å². The van der Waals surface area contributed by atoms with Crippen molar-refractivity contribution in [2.45, 2.75) is 26.9 Å². The molecule has 0 bridgehead atoms. The number of halogens is 6. The molecule has 0 aliphatic carbocycles. The lowest BCUT2D eigenvalue weighted by molar-refractivity contribution is -0.120. The zero-order valence-electron chi connectivity index (χ0n) is 18.0. The maximum absolute atomic E-state index is 12.6. The Labute approximate surface area is 221 Å². The molecule has 182 valence electrons. The lowest BCUT2D eigenvalue weighted by Crippen LogP contribution is -2.18. The number of aromatic nitrogens is 2. The largest absolute Gasteiger partial charge is 0.352 e. The maximum atomic E-state index is 12.6. The Kier molecular flexibility index (Phi) is 13.5. The molecule has 34 heavy (non-hydrogen) atoms. The van der Waals surface area contributed by atoms with Crippen LogP contribution in [0.4, 0.5) is 17.6 Å². The van der Waals surface area contributed by atoms with Gasteiger partial charge in [-0.15, -0.1) is 0 Å². The van der Waals surface area contributed by atoms with E-state index in [1.807, 2.05) is 24.3 Å². The maximum Gasteiger partial charge on any atom is 0.217 e. The van der Waals surface area contributed by atoms with Gasteiger partial charge in [-0.3, -0.25) is 19.6 Å². The molecule has 3 rings (SSSR count). The first kappa shape index (κ1) is 29.7. The Hall–Kier alpha value is -2.36. The average molecular weight is 702 g/mol. The van der Waals surface area contributed by atoms with Crippen molar-refractivity contribution in [3.63, 3.8) is 0 Å². The molecule has 3 aromatic rings. The van der Waals surface area contributed by atoms with Crippen molar-refractivity contribution in [1.29, 1.82) is 0 Å². The topological polar surface area (TPSA) is 84.0 Å². The Morgan fingerprint density at radius 2 is 0.941 bits per heavy atom. The van der Waals surface area contributed by atoms with Crippen LogP contribution >= 0.6 is 45.2 Å². The van der Waals surface area contributed by atoms with Crippen molar-refractivity contribution in [1.82, 2.24) is 20.6 Å². The fourth-order valence-corrected chi connectivity index (χ4v) is 2.98. The molecule has 0 unspecified atom stereocenters. The van der Waals surface area contributed by atoms with Crippen LogP contribution in [-0.2, 0) is 22.7 Å². The SMILES string of the molecule is CC(=O)NCc1ccncc1.CC(=O)NCc1ccncc1.Fc1c(F)c(I)c(F)c(F)c1I. The van der Waals surface area contributed by atoms with Crippen molar-refractivity contribution < 1.29 is 27.2 Å². The van der Waals surface area contributed by atoms with Gasteiger partial charge in [0.1, 0.15) is 0 Å². The molecular weight excluding hydrogens is 682 g/mol. The zero-order chi connectivity index (χ0) is 25.7. The molecule has 0 atom stereocenters. The van der Waals surface area contributed by atoms with Gasteiger partial charge in [0.05, 0.1) is 7.14 Å². The van der Waals surface area contributed by atoms with Crippen LogP contribution in [0.5, 0.6) is 0 Å². The number of amides is 2. The van der Waals surface area contributed by atoms with Gasteiger partial charge in [-0.25, -0.2) is 17.6 Å². The highest BCUT2D eigenvalue weighted by atomic mass is 127. The van der Waals surface area contributed by atoms with Crippen molar-refractivity contribution in [3.8, 4) is 0 Å². The van der Waals surface area contributed by atoms with Crippen molar-refractivity contribution in [2.24, 2.45) is 0 Å². The summed E-state index contributed by atoms with van der Waals surface area (Å²) < 4.78 is 49.2. The molecule has 2 aromatic heterocycles. The molecule has 1 aromatic carbocycles. The number of benzene rings is 1. The molecule has 2 amide bonds. The minimum Gasteiger partial charge on any atom is -0.352 e. The summed E-state index contributed by atoms with van der Waals surface area (Å²) in [5.41, 5.74) is 2.13. The second-order valence-corrected chi connectivity index (χ2v) is 8.57. The fraction of sp³-hybridized carbons (Fsp3) is 0.182. The minimum atomic E-state index is -1.35. The molecule has 0 radical (unpaired) electrons. The lowest BCUT2D eigenvalue weighted by atomic mass is 10.3. The molecule has 0 spiro atoms. The van der Waals surface area contributed by atoms with Gasteiger partial charge >= 0.3 is 0 Å². The van der Waals surface area contributed by atoms with Gasteiger partial charge in [-0.1, -0.05) is 0 Å². The molecule has 0 saturated heterocycles.